The number of hydrogen-bond acceptors (Lipinski definition) is 6. The Morgan fingerprint density at radius 1 is 0.967 bits per heavy atom. The molecule has 1 amide bonds. The number of rotatable bonds is 7. The van der Waals surface area contributed by atoms with Crippen LogP contribution in [0, 0.1) is 6.92 Å². The lowest BCUT2D eigenvalue weighted by molar-refractivity contribution is -0.117. The van der Waals surface area contributed by atoms with E-state index in [1.165, 1.54) is 12.7 Å². The summed E-state index contributed by atoms with van der Waals surface area (Å²) in [5.41, 5.74) is 3.22. The highest BCUT2D eigenvalue weighted by atomic mass is 16.5. The molecule has 7 heteroatoms. The number of anilines is 1. The van der Waals surface area contributed by atoms with Crippen molar-refractivity contribution in [2.75, 3.05) is 52.3 Å². The predicted octanol–water partition coefficient (Wildman–Crippen LogP) is 2.55. The smallest absolute Gasteiger partial charge is 0.337 e. The van der Waals surface area contributed by atoms with Crippen LogP contribution < -0.4 is 10.1 Å². The lowest BCUT2D eigenvalue weighted by Crippen LogP contribution is -2.48. The number of piperazine rings is 1. The average Bonchev–Trinajstić information content (AvgIpc) is 2.76. The number of nitrogens with zero attached hydrogens (tertiary/aromatic N) is 2. The van der Waals surface area contributed by atoms with E-state index in [1.54, 1.807) is 25.3 Å². The molecule has 1 aliphatic heterocycles. The standard InChI is InChI=1S/C23H29N3O4/c1-17-4-7-19(23(28)30-3)14-21(17)24-22(27)16-26-12-10-25(11-13-26)15-18-5-8-20(29-2)9-6-18/h4-9,14H,10-13,15-16H2,1-3H3,(H,24,27). The molecule has 2 aromatic carbocycles. The highest BCUT2D eigenvalue weighted by molar-refractivity contribution is 5.96. The molecule has 0 saturated carbocycles. The van der Waals surface area contributed by atoms with Crippen molar-refractivity contribution in [3.05, 3.63) is 59.2 Å². The molecule has 0 aliphatic carbocycles. The van der Waals surface area contributed by atoms with E-state index in [9.17, 15) is 9.59 Å². The van der Waals surface area contributed by atoms with E-state index < -0.39 is 5.97 Å². The Morgan fingerprint density at radius 2 is 1.63 bits per heavy atom. The van der Waals surface area contributed by atoms with Crippen molar-refractivity contribution in [3.8, 4) is 5.75 Å². The van der Waals surface area contributed by atoms with Crippen LogP contribution in [0.5, 0.6) is 5.75 Å². The second-order valence-corrected chi connectivity index (χ2v) is 7.47. The maximum absolute atomic E-state index is 12.5. The number of benzene rings is 2. The number of nitrogens with one attached hydrogen (secondary N) is 1. The average molecular weight is 412 g/mol. The van der Waals surface area contributed by atoms with E-state index in [1.807, 2.05) is 19.1 Å². The van der Waals surface area contributed by atoms with Crippen molar-refractivity contribution in [1.82, 2.24) is 9.80 Å². The molecule has 3 rings (SSSR count). The Bertz CT molecular complexity index is 875. The SMILES string of the molecule is COC(=O)c1ccc(C)c(NC(=O)CN2CCN(Cc3ccc(OC)cc3)CC2)c1. The Balaban J connectivity index is 1.47. The number of hydrogen-bond donors (Lipinski definition) is 1. The van der Waals surface area contributed by atoms with Crippen LogP contribution >= 0.6 is 0 Å². The molecule has 1 N–H and O–H groups in total. The minimum absolute atomic E-state index is 0.0799. The van der Waals surface area contributed by atoms with E-state index in [0.29, 0.717) is 17.8 Å². The normalized spacial score (nSPS) is 14.9. The predicted molar refractivity (Wildman–Crippen MR) is 116 cm³/mol. The van der Waals surface area contributed by atoms with E-state index >= 15 is 0 Å². The molecule has 30 heavy (non-hydrogen) atoms. The first-order valence-electron chi connectivity index (χ1n) is 10.0. The summed E-state index contributed by atoms with van der Waals surface area (Å²) < 4.78 is 9.95. The van der Waals surface area contributed by atoms with Gasteiger partial charge in [-0.1, -0.05) is 18.2 Å². The van der Waals surface area contributed by atoms with Crippen LogP contribution in [0.4, 0.5) is 5.69 Å². The van der Waals surface area contributed by atoms with E-state index in [-0.39, 0.29) is 5.91 Å². The Kier molecular flexibility index (Phi) is 7.43. The molecule has 0 aromatic heterocycles. The number of aryl methyl sites for hydroxylation is 1. The van der Waals surface area contributed by atoms with Crippen molar-refractivity contribution < 1.29 is 19.1 Å². The third kappa shape index (κ3) is 5.81. The van der Waals surface area contributed by atoms with Gasteiger partial charge in [-0.15, -0.1) is 0 Å². The molecule has 0 unspecified atom stereocenters. The van der Waals surface area contributed by atoms with Gasteiger partial charge in [-0.3, -0.25) is 14.6 Å². The van der Waals surface area contributed by atoms with Crippen molar-refractivity contribution in [2.24, 2.45) is 0 Å². The van der Waals surface area contributed by atoms with Crippen LogP contribution in [0.2, 0.25) is 0 Å². The van der Waals surface area contributed by atoms with Gasteiger partial charge in [0.2, 0.25) is 5.91 Å². The summed E-state index contributed by atoms with van der Waals surface area (Å²) in [6, 6.07) is 13.3. The van der Waals surface area contributed by atoms with E-state index in [0.717, 1.165) is 44.0 Å². The van der Waals surface area contributed by atoms with Gasteiger partial charge < -0.3 is 14.8 Å². The molecule has 1 aliphatic rings. The molecule has 0 radical (unpaired) electrons. The maximum atomic E-state index is 12.5. The molecule has 1 heterocycles. The monoisotopic (exact) mass is 411 g/mol. The van der Waals surface area contributed by atoms with Crippen LogP contribution in [0.3, 0.4) is 0 Å². The van der Waals surface area contributed by atoms with Crippen LogP contribution in [0.25, 0.3) is 0 Å². The number of carbonyl (C=O) groups is 2. The Hall–Kier alpha value is -2.90. The number of carbonyl (C=O) groups excluding carboxylic acids is 2. The van der Waals surface area contributed by atoms with Gasteiger partial charge in [0, 0.05) is 38.4 Å². The summed E-state index contributed by atoms with van der Waals surface area (Å²) in [6.07, 6.45) is 0. The molecular formula is C23H29N3O4. The number of ether oxygens (including phenoxy) is 2. The van der Waals surface area contributed by atoms with Crippen molar-refractivity contribution in [3.63, 3.8) is 0 Å². The van der Waals surface area contributed by atoms with Crippen LogP contribution in [-0.4, -0.2) is 68.6 Å². The first-order chi connectivity index (χ1) is 14.5. The fraction of sp³-hybridized carbons (Fsp3) is 0.391. The van der Waals surface area contributed by atoms with Gasteiger partial charge in [0.05, 0.1) is 26.3 Å². The quantitative estimate of drug-likeness (QED) is 0.706. The van der Waals surface area contributed by atoms with Gasteiger partial charge in [0.25, 0.3) is 0 Å². The highest BCUT2D eigenvalue weighted by Gasteiger charge is 2.19. The second-order valence-electron chi connectivity index (χ2n) is 7.47. The van der Waals surface area contributed by atoms with Gasteiger partial charge >= 0.3 is 5.97 Å². The van der Waals surface area contributed by atoms with E-state index in [4.69, 9.17) is 9.47 Å². The molecule has 2 aromatic rings. The zero-order valence-electron chi connectivity index (χ0n) is 17.8. The summed E-state index contributed by atoms with van der Waals surface area (Å²) in [7, 11) is 3.01. The van der Waals surface area contributed by atoms with Crippen molar-refractivity contribution in [2.45, 2.75) is 13.5 Å². The lowest BCUT2D eigenvalue weighted by atomic mass is 10.1. The topological polar surface area (TPSA) is 71.1 Å². The minimum atomic E-state index is -0.418. The highest BCUT2D eigenvalue weighted by Crippen LogP contribution is 2.18. The van der Waals surface area contributed by atoms with Gasteiger partial charge in [0.1, 0.15) is 5.75 Å². The first-order valence-corrected chi connectivity index (χ1v) is 10.0. The molecule has 1 saturated heterocycles. The number of methoxy groups -OCH3 is 2. The molecular weight excluding hydrogens is 382 g/mol. The summed E-state index contributed by atoms with van der Waals surface area (Å²) in [6.45, 7) is 6.62. The molecule has 0 bridgehead atoms. The summed E-state index contributed by atoms with van der Waals surface area (Å²) in [5.74, 6) is 0.365. The zero-order chi connectivity index (χ0) is 21.5. The van der Waals surface area contributed by atoms with Gasteiger partial charge in [-0.25, -0.2) is 4.79 Å². The molecule has 0 atom stereocenters. The first kappa shape index (κ1) is 21.8. The van der Waals surface area contributed by atoms with Crippen LogP contribution in [0.1, 0.15) is 21.5 Å². The fourth-order valence-electron chi connectivity index (χ4n) is 3.49. The van der Waals surface area contributed by atoms with Gasteiger partial charge in [0.15, 0.2) is 0 Å². The molecule has 160 valence electrons. The summed E-state index contributed by atoms with van der Waals surface area (Å²) in [5, 5.41) is 2.92. The van der Waals surface area contributed by atoms with Gasteiger partial charge in [-0.05, 0) is 42.3 Å². The Morgan fingerprint density at radius 3 is 2.27 bits per heavy atom. The van der Waals surface area contributed by atoms with E-state index in [2.05, 4.69) is 27.2 Å². The summed E-state index contributed by atoms with van der Waals surface area (Å²) >= 11 is 0. The van der Waals surface area contributed by atoms with Crippen molar-refractivity contribution in [1.29, 1.82) is 0 Å². The van der Waals surface area contributed by atoms with Gasteiger partial charge in [-0.2, -0.15) is 0 Å². The third-order valence-corrected chi connectivity index (χ3v) is 5.33. The summed E-state index contributed by atoms with van der Waals surface area (Å²) in [4.78, 5) is 28.8. The van der Waals surface area contributed by atoms with Crippen molar-refractivity contribution >= 4 is 17.6 Å². The number of amides is 1. The van der Waals surface area contributed by atoms with Crippen LogP contribution in [-0.2, 0) is 16.1 Å². The second kappa shape index (κ2) is 10.2. The minimum Gasteiger partial charge on any atom is -0.497 e. The number of esters is 1. The zero-order valence-corrected chi connectivity index (χ0v) is 17.8. The fourth-order valence-corrected chi connectivity index (χ4v) is 3.49. The largest absolute Gasteiger partial charge is 0.497 e. The molecule has 7 nitrogen and oxygen atoms in total. The third-order valence-electron chi connectivity index (χ3n) is 5.33. The lowest BCUT2D eigenvalue weighted by Gasteiger charge is -2.34. The molecule has 1 fully saturated rings. The van der Waals surface area contributed by atoms with Crippen LogP contribution in [0.15, 0.2) is 42.5 Å². The Labute approximate surface area is 177 Å². The molecule has 0 spiro atoms. The maximum Gasteiger partial charge on any atom is 0.337 e.